The molecule has 0 aliphatic carbocycles. The number of aliphatic hydroxyl groups is 4. The Morgan fingerprint density at radius 2 is 1.77 bits per heavy atom. The maximum atomic E-state index is 12.6. The number of amides is 2. The molecule has 1 saturated heterocycles. The van der Waals surface area contributed by atoms with Crippen LogP contribution in [0, 0.1) is 5.92 Å². The minimum atomic E-state index is -1.44. The first kappa shape index (κ1) is 27.6. The Morgan fingerprint density at radius 3 is 2.35 bits per heavy atom. The Kier molecular flexibility index (Phi) is 13.7. The van der Waals surface area contributed by atoms with Crippen LogP contribution in [0.25, 0.3) is 0 Å². The van der Waals surface area contributed by atoms with Gasteiger partial charge in [0.2, 0.25) is 5.91 Å². The normalized spacial score (nSPS) is 18.1. The lowest BCUT2D eigenvalue weighted by Gasteiger charge is -2.33. The molecule has 0 aromatic carbocycles. The van der Waals surface area contributed by atoms with Gasteiger partial charge in [0.05, 0.1) is 19.3 Å². The highest BCUT2D eigenvalue weighted by atomic mass is 16.5. The number of unbranched alkanes of at least 4 members (excludes halogenated alkanes) is 3. The molecule has 0 aromatic heterocycles. The molecule has 10 nitrogen and oxygen atoms in total. The van der Waals surface area contributed by atoms with E-state index >= 15 is 0 Å². The number of nitrogens with zero attached hydrogens (tertiary/aromatic N) is 2. The van der Waals surface area contributed by atoms with Crippen LogP contribution in [0.3, 0.4) is 0 Å². The van der Waals surface area contributed by atoms with Gasteiger partial charge in [0.1, 0.15) is 12.2 Å². The van der Waals surface area contributed by atoms with Gasteiger partial charge in [0.15, 0.2) is 0 Å². The summed E-state index contributed by atoms with van der Waals surface area (Å²) in [5, 5.41) is 38.7. The highest BCUT2D eigenvalue weighted by molar-refractivity contribution is 5.76. The van der Waals surface area contributed by atoms with E-state index in [0.29, 0.717) is 32.6 Å². The van der Waals surface area contributed by atoms with Gasteiger partial charge in [0.25, 0.3) is 0 Å². The van der Waals surface area contributed by atoms with Crippen molar-refractivity contribution < 1.29 is 34.8 Å². The number of carbonyl (C=O) groups is 2. The molecule has 1 rings (SSSR count). The Bertz CT molecular complexity index is 515. The molecule has 10 heteroatoms. The molecule has 182 valence electrons. The second-order valence-electron chi connectivity index (χ2n) is 8.37. The monoisotopic (exact) mass is 447 g/mol. The number of ether oxygens (including phenoxy) is 1. The van der Waals surface area contributed by atoms with Crippen LogP contribution in [-0.2, 0) is 9.53 Å². The standard InChI is InChI=1S/C21H41N3O7/c1-2-3-4-5-9-23(13-17(26)20(29)18(27)14-25)10-8-19(28)24-11-6-16(7-12-24)15-31-21(22)30/h16-18,20,25-27,29H,2-15H2,1H3,(H2,22,30)/t17-,18+,20+/m0/s1. The number of piperidine rings is 1. The predicted octanol–water partition coefficient (Wildman–Crippen LogP) is -0.332. The summed E-state index contributed by atoms with van der Waals surface area (Å²) in [6.45, 7) is 4.21. The molecular weight excluding hydrogens is 406 g/mol. The lowest BCUT2D eigenvalue weighted by molar-refractivity contribution is -0.133. The van der Waals surface area contributed by atoms with Crippen LogP contribution in [0.5, 0.6) is 0 Å². The zero-order chi connectivity index (χ0) is 23.2. The van der Waals surface area contributed by atoms with E-state index in [0.717, 1.165) is 38.5 Å². The molecule has 1 fully saturated rings. The quantitative estimate of drug-likeness (QED) is 0.214. The number of rotatable bonds is 15. The van der Waals surface area contributed by atoms with Gasteiger partial charge in [-0.05, 0) is 31.7 Å². The largest absolute Gasteiger partial charge is 0.449 e. The zero-order valence-electron chi connectivity index (χ0n) is 18.7. The SMILES string of the molecule is CCCCCCN(CCC(=O)N1CCC(COC(N)=O)CC1)C[C@H](O)[C@@H](O)[C@H](O)CO. The maximum absolute atomic E-state index is 12.6. The fourth-order valence-corrected chi connectivity index (χ4v) is 3.75. The number of primary amides is 1. The molecule has 0 spiro atoms. The summed E-state index contributed by atoms with van der Waals surface area (Å²) in [6, 6.07) is 0. The van der Waals surface area contributed by atoms with E-state index in [-0.39, 0.29) is 25.0 Å². The summed E-state index contributed by atoms with van der Waals surface area (Å²) in [5.41, 5.74) is 4.99. The van der Waals surface area contributed by atoms with Gasteiger partial charge in [0, 0.05) is 32.6 Å². The van der Waals surface area contributed by atoms with E-state index in [4.69, 9.17) is 15.6 Å². The molecule has 2 amide bonds. The van der Waals surface area contributed by atoms with Crippen LogP contribution in [0.15, 0.2) is 0 Å². The molecule has 0 aromatic rings. The smallest absolute Gasteiger partial charge is 0.404 e. The summed E-state index contributed by atoms with van der Waals surface area (Å²) in [7, 11) is 0. The summed E-state index contributed by atoms with van der Waals surface area (Å²) in [4.78, 5) is 27.1. The minimum absolute atomic E-state index is 0.0262. The van der Waals surface area contributed by atoms with Gasteiger partial charge in [-0.2, -0.15) is 0 Å². The van der Waals surface area contributed by atoms with Gasteiger partial charge < -0.3 is 40.7 Å². The zero-order valence-corrected chi connectivity index (χ0v) is 18.7. The predicted molar refractivity (Wildman–Crippen MR) is 115 cm³/mol. The molecule has 1 aliphatic rings. The van der Waals surface area contributed by atoms with Crippen molar-refractivity contribution in [1.29, 1.82) is 0 Å². The summed E-state index contributed by atoms with van der Waals surface area (Å²) >= 11 is 0. The van der Waals surface area contributed by atoms with E-state index in [1.54, 1.807) is 4.90 Å². The Labute approximate surface area is 185 Å². The van der Waals surface area contributed by atoms with Crippen LogP contribution < -0.4 is 5.73 Å². The van der Waals surface area contributed by atoms with Crippen LogP contribution >= 0.6 is 0 Å². The lowest BCUT2D eigenvalue weighted by Crippen LogP contribution is -2.47. The van der Waals surface area contributed by atoms with Crippen molar-refractivity contribution in [1.82, 2.24) is 9.80 Å². The first-order valence-corrected chi connectivity index (χ1v) is 11.4. The molecule has 0 radical (unpaired) electrons. The average molecular weight is 448 g/mol. The number of hydrogen-bond donors (Lipinski definition) is 5. The van der Waals surface area contributed by atoms with Crippen molar-refractivity contribution in [2.24, 2.45) is 11.7 Å². The van der Waals surface area contributed by atoms with Crippen LogP contribution in [0.2, 0.25) is 0 Å². The van der Waals surface area contributed by atoms with Crippen molar-refractivity contribution in [3.05, 3.63) is 0 Å². The number of hydrogen-bond acceptors (Lipinski definition) is 8. The Hall–Kier alpha value is -1.46. The highest BCUT2D eigenvalue weighted by Crippen LogP contribution is 2.18. The molecule has 31 heavy (non-hydrogen) atoms. The number of aliphatic hydroxyl groups excluding tert-OH is 4. The second kappa shape index (κ2) is 15.4. The van der Waals surface area contributed by atoms with Crippen molar-refractivity contribution in [3.63, 3.8) is 0 Å². The third-order valence-corrected chi connectivity index (χ3v) is 5.82. The van der Waals surface area contributed by atoms with E-state index in [2.05, 4.69) is 6.92 Å². The molecule has 0 unspecified atom stereocenters. The fourth-order valence-electron chi connectivity index (χ4n) is 3.75. The van der Waals surface area contributed by atoms with Crippen molar-refractivity contribution in [2.45, 2.75) is 70.2 Å². The molecular formula is C21H41N3O7. The van der Waals surface area contributed by atoms with Gasteiger partial charge in [-0.3, -0.25) is 4.79 Å². The van der Waals surface area contributed by atoms with Crippen molar-refractivity contribution in [2.75, 3.05) is 45.9 Å². The average Bonchev–Trinajstić information content (AvgIpc) is 2.77. The molecule has 1 aliphatic heterocycles. The molecule has 0 bridgehead atoms. The minimum Gasteiger partial charge on any atom is -0.449 e. The summed E-state index contributed by atoms with van der Waals surface area (Å²) in [5.74, 6) is 0.236. The van der Waals surface area contributed by atoms with E-state index in [1.165, 1.54) is 0 Å². The number of likely N-dealkylation sites (tertiary alicyclic amines) is 1. The van der Waals surface area contributed by atoms with Crippen LogP contribution in [0.4, 0.5) is 4.79 Å². The number of carbonyl (C=O) groups excluding carboxylic acids is 2. The summed E-state index contributed by atoms with van der Waals surface area (Å²) < 4.78 is 4.84. The highest BCUT2D eigenvalue weighted by Gasteiger charge is 2.27. The van der Waals surface area contributed by atoms with Gasteiger partial charge in [-0.1, -0.05) is 26.2 Å². The molecule has 6 N–H and O–H groups in total. The van der Waals surface area contributed by atoms with E-state index in [9.17, 15) is 24.9 Å². The molecule has 0 saturated carbocycles. The van der Waals surface area contributed by atoms with Crippen LogP contribution in [0.1, 0.15) is 51.9 Å². The Balaban J connectivity index is 2.48. The maximum Gasteiger partial charge on any atom is 0.404 e. The van der Waals surface area contributed by atoms with Crippen molar-refractivity contribution >= 4 is 12.0 Å². The third-order valence-electron chi connectivity index (χ3n) is 5.82. The first-order chi connectivity index (χ1) is 14.8. The number of nitrogens with two attached hydrogens (primary N) is 1. The molecule has 3 atom stereocenters. The first-order valence-electron chi connectivity index (χ1n) is 11.4. The van der Waals surface area contributed by atoms with Crippen molar-refractivity contribution in [3.8, 4) is 0 Å². The van der Waals surface area contributed by atoms with Gasteiger partial charge in [-0.15, -0.1) is 0 Å². The van der Waals surface area contributed by atoms with Crippen LogP contribution in [-0.4, -0.2) is 106 Å². The van der Waals surface area contributed by atoms with Gasteiger partial charge in [-0.25, -0.2) is 4.79 Å². The Morgan fingerprint density at radius 1 is 1.10 bits per heavy atom. The third kappa shape index (κ3) is 11.1. The summed E-state index contributed by atoms with van der Waals surface area (Å²) in [6.07, 6.45) is 1.12. The van der Waals surface area contributed by atoms with Gasteiger partial charge >= 0.3 is 6.09 Å². The fraction of sp³-hybridized carbons (Fsp3) is 0.905. The molecule has 1 heterocycles. The van der Waals surface area contributed by atoms with E-state index < -0.39 is 31.0 Å². The second-order valence-corrected chi connectivity index (χ2v) is 8.37. The van der Waals surface area contributed by atoms with E-state index in [1.807, 2.05) is 4.90 Å². The topological polar surface area (TPSA) is 157 Å². The lowest BCUT2D eigenvalue weighted by atomic mass is 9.97.